The maximum Gasteiger partial charge on any atom is 0.354 e. The second-order valence-corrected chi connectivity index (χ2v) is 11.1. The number of rotatable bonds is 10. The van der Waals surface area contributed by atoms with E-state index < -0.39 is 11.4 Å². The van der Waals surface area contributed by atoms with Crippen LogP contribution in [-0.4, -0.2) is 75.6 Å². The molecule has 1 fully saturated rings. The van der Waals surface area contributed by atoms with Crippen molar-refractivity contribution in [1.29, 1.82) is 0 Å². The molecule has 11 nitrogen and oxygen atoms in total. The number of nitrogens with one attached hydrogen (secondary N) is 2. The van der Waals surface area contributed by atoms with E-state index in [4.69, 9.17) is 16.0 Å². The van der Waals surface area contributed by atoms with Crippen molar-refractivity contribution in [3.05, 3.63) is 82.0 Å². The zero-order chi connectivity index (χ0) is 29.5. The highest BCUT2D eigenvalue weighted by molar-refractivity contribution is 7.98. The zero-order valence-corrected chi connectivity index (χ0v) is 24.3. The molecule has 0 aliphatic carbocycles. The van der Waals surface area contributed by atoms with Crippen molar-refractivity contribution in [2.75, 3.05) is 50.4 Å². The molecule has 0 bridgehead atoms. The molecule has 1 amide bonds. The van der Waals surface area contributed by atoms with Crippen LogP contribution in [0.1, 0.15) is 12.2 Å². The van der Waals surface area contributed by atoms with Gasteiger partial charge in [0.1, 0.15) is 28.6 Å². The number of amides is 1. The maximum absolute atomic E-state index is 14.6. The summed E-state index contributed by atoms with van der Waals surface area (Å²) in [6, 6.07) is 9.27. The molecule has 4 aromatic rings. The minimum Gasteiger partial charge on any atom is -0.424 e. The maximum atomic E-state index is 14.6. The first kappa shape index (κ1) is 29.6. The molecule has 2 N–H and O–H groups in total. The quantitative estimate of drug-likeness (QED) is 0.249. The number of carbonyl (C=O) groups excluding carboxylic acids is 1. The average molecular weight is 611 g/mol. The molecule has 1 saturated heterocycles. The Balaban J connectivity index is 1.33. The van der Waals surface area contributed by atoms with Gasteiger partial charge in [-0.15, -0.1) is 10.2 Å². The number of hydrogen-bond acceptors (Lipinski definition) is 11. The molecule has 1 aliphatic heterocycles. The smallest absolute Gasteiger partial charge is 0.354 e. The molecule has 0 atom stereocenters. The number of piperazine rings is 1. The first-order valence-corrected chi connectivity index (χ1v) is 14.5. The van der Waals surface area contributed by atoms with Gasteiger partial charge in [-0.25, -0.2) is 14.2 Å². The van der Waals surface area contributed by atoms with E-state index in [9.17, 15) is 14.0 Å². The molecule has 3 aromatic heterocycles. The van der Waals surface area contributed by atoms with Crippen molar-refractivity contribution in [3.8, 4) is 11.3 Å². The Labute approximate surface area is 250 Å². The molecular weight excluding hydrogens is 583 g/mol. The standard InChI is InChI=1S/C28H28ClFN8O3S/c1-37-8-10-38(11-9-37)7-5-26(39)34-25-13-19(4-6-32-25)33-24-14-23(21-12-18(29)2-3-22(21)30)35-36-28(24)42-17-20-15-31-16-27(40)41-20/h2-4,6,12-16H,5,7-11,17H2,1H3,(H2,32,33,34,35,39). The lowest BCUT2D eigenvalue weighted by Gasteiger charge is -2.32. The number of thioether (sulfide) groups is 1. The molecule has 5 rings (SSSR count). The van der Waals surface area contributed by atoms with Crippen molar-refractivity contribution in [2.45, 2.75) is 17.2 Å². The number of nitrogens with zero attached hydrogens (tertiary/aromatic N) is 6. The highest BCUT2D eigenvalue weighted by atomic mass is 35.5. The summed E-state index contributed by atoms with van der Waals surface area (Å²) in [6.45, 7) is 4.54. The largest absolute Gasteiger partial charge is 0.424 e. The van der Waals surface area contributed by atoms with Crippen molar-refractivity contribution < 1.29 is 13.6 Å². The number of hydrogen-bond donors (Lipinski definition) is 2. The molecule has 42 heavy (non-hydrogen) atoms. The van der Waals surface area contributed by atoms with Gasteiger partial charge in [-0.05, 0) is 37.4 Å². The lowest BCUT2D eigenvalue weighted by atomic mass is 10.1. The van der Waals surface area contributed by atoms with E-state index >= 15 is 0 Å². The first-order chi connectivity index (χ1) is 20.3. The summed E-state index contributed by atoms with van der Waals surface area (Å²) in [4.78, 5) is 36.9. The predicted molar refractivity (Wildman–Crippen MR) is 159 cm³/mol. The van der Waals surface area contributed by atoms with Gasteiger partial charge in [-0.2, -0.15) is 0 Å². The lowest BCUT2D eigenvalue weighted by Crippen LogP contribution is -2.45. The summed E-state index contributed by atoms with van der Waals surface area (Å²) in [5.74, 6) is 0.371. The third kappa shape index (κ3) is 8.10. The number of pyridine rings is 1. The Hall–Kier alpha value is -3.91. The molecule has 0 saturated carbocycles. The highest BCUT2D eigenvalue weighted by Crippen LogP contribution is 2.34. The Kier molecular flexibility index (Phi) is 9.74. The second-order valence-electron chi connectivity index (χ2n) is 9.65. The molecule has 1 aliphatic rings. The van der Waals surface area contributed by atoms with E-state index in [-0.39, 0.29) is 22.9 Å². The van der Waals surface area contributed by atoms with Crippen molar-refractivity contribution in [3.63, 3.8) is 0 Å². The molecule has 14 heteroatoms. The fourth-order valence-corrected chi connectivity index (χ4v) is 5.19. The van der Waals surface area contributed by atoms with Crippen LogP contribution in [0, 0.1) is 5.82 Å². The van der Waals surface area contributed by atoms with Crippen LogP contribution in [0.5, 0.6) is 0 Å². The van der Waals surface area contributed by atoms with Crippen LogP contribution in [0.3, 0.4) is 0 Å². The molecule has 0 radical (unpaired) electrons. The number of benzene rings is 1. The number of likely N-dealkylation sites (N-methyl/N-ethyl adjacent to an activating group) is 1. The van der Waals surface area contributed by atoms with Crippen LogP contribution in [0.4, 0.5) is 21.6 Å². The van der Waals surface area contributed by atoms with Gasteiger partial charge in [0, 0.05) is 67.7 Å². The summed E-state index contributed by atoms with van der Waals surface area (Å²) < 4.78 is 19.8. The predicted octanol–water partition coefficient (Wildman–Crippen LogP) is 4.29. The van der Waals surface area contributed by atoms with Crippen LogP contribution < -0.4 is 16.3 Å². The van der Waals surface area contributed by atoms with Crippen LogP contribution in [0.25, 0.3) is 11.3 Å². The summed E-state index contributed by atoms with van der Waals surface area (Å²) in [6.07, 6.45) is 4.46. The van der Waals surface area contributed by atoms with E-state index in [0.717, 1.165) is 32.4 Å². The normalized spacial score (nSPS) is 14.1. The van der Waals surface area contributed by atoms with Gasteiger partial charge in [0.05, 0.1) is 23.3 Å². The SMILES string of the molecule is CN1CCN(CCC(=O)Nc2cc(Nc3cc(-c4cc(Cl)ccc4F)nnc3SCc3cncc(=O)o3)ccn2)CC1. The third-order valence-corrected chi connectivity index (χ3v) is 7.74. The highest BCUT2D eigenvalue weighted by Gasteiger charge is 2.17. The van der Waals surface area contributed by atoms with Crippen LogP contribution in [-0.2, 0) is 10.5 Å². The van der Waals surface area contributed by atoms with Gasteiger partial charge in [0.2, 0.25) is 5.91 Å². The minimum absolute atomic E-state index is 0.128. The van der Waals surface area contributed by atoms with Crippen molar-refractivity contribution in [1.82, 2.24) is 30.0 Å². The third-order valence-electron chi connectivity index (χ3n) is 6.50. The fourth-order valence-electron chi connectivity index (χ4n) is 4.24. The number of anilines is 3. The number of aromatic nitrogens is 4. The number of carbonyl (C=O) groups is 1. The summed E-state index contributed by atoms with van der Waals surface area (Å²) in [7, 11) is 2.09. The van der Waals surface area contributed by atoms with Crippen molar-refractivity contribution in [2.24, 2.45) is 0 Å². The van der Waals surface area contributed by atoms with E-state index in [1.165, 1.54) is 36.2 Å². The van der Waals surface area contributed by atoms with Crippen LogP contribution in [0.2, 0.25) is 5.02 Å². The van der Waals surface area contributed by atoms with Gasteiger partial charge < -0.3 is 24.9 Å². The Morgan fingerprint density at radius 3 is 2.76 bits per heavy atom. The topological polar surface area (TPSA) is 129 Å². The lowest BCUT2D eigenvalue weighted by molar-refractivity contribution is -0.116. The summed E-state index contributed by atoms with van der Waals surface area (Å²) >= 11 is 7.36. The van der Waals surface area contributed by atoms with E-state index in [0.29, 0.717) is 46.0 Å². The van der Waals surface area contributed by atoms with E-state index in [1.807, 2.05) is 0 Å². The second kappa shape index (κ2) is 13.8. The van der Waals surface area contributed by atoms with Gasteiger partial charge in [0.15, 0.2) is 0 Å². The first-order valence-electron chi connectivity index (χ1n) is 13.2. The Morgan fingerprint density at radius 2 is 1.95 bits per heavy atom. The van der Waals surface area contributed by atoms with Crippen LogP contribution in [0.15, 0.2) is 69.2 Å². The van der Waals surface area contributed by atoms with E-state index in [1.54, 1.807) is 24.4 Å². The summed E-state index contributed by atoms with van der Waals surface area (Å²) in [5.41, 5.74) is 1.02. The van der Waals surface area contributed by atoms with Gasteiger partial charge in [-0.1, -0.05) is 23.4 Å². The Morgan fingerprint density at radius 1 is 1.12 bits per heavy atom. The Bertz CT molecular complexity index is 1620. The molecular formula is C28H28ClFN8O3S. The molecule has 1 aromatic carbocycles. The fraction of sp³-hybridized carbons (Fsp3) is 0.286. The molecule has 218 valence electrons. The molecule has 0 spiro atoms. The molecule has 0 unspecified atom stereocenters. The van der Waals surface area contributed by atoms with Gasteiger partial charge in [-0.3, -0.25) is 9.78 Å². The number of halogens is 2. The molecule has 4 heterocycles. The van der Waals surface area contributed by atoms with Crippen molar-refractivity contribution >= 4 is 46.5 Å². The van der Waals surface area contributed by atoms with E-state index in [2.05, 4.69) is 47.6 Å². The van der Waals surface area contributed by atoms with Gasteiger partial charge >= 0.3 is 5.63 Å². The monoisotopic (exact) mass is 610 g/mol. The summed E-state index contributed by atoms with van der Waals surface area (Å²) in [5, 5.41) is 15.5. The zero-order valence-electron chi connectivity index (χ0n) is 22.7. The minimum atomic E-state index is -0.556. The average Bonchev–Trinajstić information content (AvgIpc) is 2.98. The van der Waals surface area contributed by atoms with Crippen LogP contribution >= 0.6 is 23.4 Å². The van der Waals surface area contributed by atoms with Gasteiger partial charge in [0.25, 0.3) is 0 Å².